The lowest BCUT2D eigenvalue weighted by molar-refractivity contribution is 0.397. The maximum atomic E-state index is 6.43. The second-order valence-corrected chi connectivity index (χ2v) is 6.26. The summed E-state index contributed by atoms with van der Waals surface area (Å²) in [6.07, 6.45) is 6.05. The van der Waals surface area contributed by atoms with Gasteiger partial charge in [-0.2, -0.15) is 5.10 Å². The summed E-state index contributed by atoms with van der Waals surface area (Å²) in [5.41, 5.74) is 8.47. The fourth-order valence-corrected chi connectivity index (χ4v) is 3.54. The third-order valence-corrected chi connectivity index (χ3v) is 5.14. The molecular formula is C15H26ClN3. The predicted octanol–water partition coefficient (Wildman–Crippen LogP) is 3.56. The van der Waals surface area contributed by atoms with Crippen LogP contribution < -0.4 is 5.73 Å². The Hall–Kier alpha value is -0.540. The molecule has 0 aliphatic heterocycles. The largest absolute Gasteiger partial charge is 0.327 e. The van der Waals surface area contributed by atoms with Gasteiger partial charge < -0.3 is 5.73 Å². The molecule has 3 unspecified atom stereocenters. The summed E-state index contributed by atoms with van der Waals surface area (Å²) >= 11 is 6.36. The molecule has 0 bridgehead atoms. The van der Waals surface area contributed by atoms with Crippen LogP contribution in [0.3, 0.4) is 0 Å². The SMILES string of the molecule is CCC1CCC(C(N)Cc2c(Cl)c(C)nn2CC)C1. The van der Waals surface area contributed by atoms with Crippen molar-refractivity contribution >= 4 is 11.6 Å². The number of aryl methyl sites for hydroxylation is 2. The molecule has 0 radical (unpaired) electrons. The maximum absolute atomic E-state index is 6.43. The minimum Gasteiger partial charge on any atom is -0.327 e. The first-order chi connectivity index (χ1) is 9.06. The Kier molecular flexibility index (Phi) is 4.91. The molecule has 0 saturated heterocycles. The zero-order valence-corrected chi connectivity index (χ0v) is 13.1. The number of hydrogen-bond donors (Lipinski definition) is 1. The van der Waals surface area contributed by atoms with E-state index in [1.54, 1.807) is 0 Å². The first-order valence-electron chi connectivity index (χ1n) is 7.54. The Labute approximate surface area is 121 Å². The van der Waals surface area contributed by atoms with Crippen molar-refractivity contribution in [2.24, 2.45) is 17.6 Å². The van der Waals surface area contributed by atoms with Gasteiger partial charge >= 0.3 is 0 Å². The highest BCUT2D eigenvalue weighted by Crippen LogP contribution is 2.35. The minimum absolute atomic E-state index is 0.218. The van der Waals surface area contributed by atoms with Crippen LogP contribution >= 0.6 is 11.6 Å². The van der Waals surface area contributed by atoms with Gasteiger partial charge in [0, 0.05) is 19.0 Å². The Bertz CT molecular complexity index is 427. The van der Waals surface area contributed by atoms with Gasteiger partial charge in [0.25, 0.3) is 0 Å². The monoisotopic (exact) mass is 283 g/mol. The van der Waals surface area contributed by atoms with Crippen molar-refractivity contribution in [1.82, 2.24) is 9.78 Å². The smallest absolute Gasteiger partial charge is 0.0847 e. The average Bonchev–Trinajstić information content (AvgIpc) is 2.98. The van der Waals surface area contributed by atoms with Crippen LogP contribution in [-0.2, 0) is 13.0 Å². The van der Waals surface area contributed by atoms with Crippen molar-refractivity contribution in [1.29, 1.82) is 0 Å². The zero-order valence-electron chi connectivity index (χ0n) is 12.3. The highest BCUT2D eigenvalue weighted by Gasteiger charge is 2.29. The van der Waals surface area contributed by atoms with E-state index >= 15 is 0 Å². The molecule has 2 N–H and O–H groups in total. The first kappa shape index (κ1) is 14.9. The number of hydrogen-bond acceptors (Lipinski definition) is 2. The third kappa shape index (κ3) is 3.14. The van der Waals surface area contributed by atoms with Crippen LogP contribution in [0.15, 0.2) is 0 Å². The van der Waals surface area contributed by atoms with Gasteiger partial charge in [0.05, 0.1) is 16.4 Å². The third-order valence-electron chi connectivity index (χ3n) is 4.65. The second kappa shape index (κ2) is 6.27. The van der Waals surface area contributed by atoms with E-state index in [2.05, 4.69) is 18.9 Å². The van der Waals surface area contributed by atoms with E-state index in [4.69, 9.17) is 17.3 Å². The molecule has 3 atom stereocenters. The maximum Gasteiger partial charge on any atom is 0.0847 e. The molecule has 19 heavy (non-hydrogen) atoms. The standard InChI is InChI=1S/C15H26ClN3/c1-4-11-6-7-12(8-11)13(17)9-14-15(16)10(3)18-19(14)5-2/h11-13H,4-9,17H2,1-3H3. The van der Waals surface area contributed by atoms with Crippen molar-refractivity contribution in [2.75, 3.05) is 0 Å². The molecule has 1 aromatic heterocycles. The van der Waals surface area contributed by atoms with Gasteiger partial charge in [-0.05, 0) is 38.5 Å². The van der Waals surface area contributed by atoms with Crippen molar-refractivity contribution in [3.8, 4) is 0 Å². The molecule has 1 heterocycles. The number of halogens is 1. The van der Waals surface area contributed by atoms with Crippen LogP contribution in [0.25, 0.3) is 0 Å². The molecule has 1 fully saturated rings. The van der Waals surface area contributed by atoms with Gasteiger partial charge in [-0.25, -0.2) is 0 Å². The highest BCUT2D eigenvalue weighted by atomic mass is 35.5. The Morgan fingerprint density at radius 2 is 2.16 bits per heavy atom. The number of nitrogens with two attached hydrogens (primary N) is 1. The van der Waals surface area contributed by atoms with E-state index in [1.807, 2.05) is 11.6 Å². The van der Waals surface area contributed by atoms with Gasteiger partial charge in [0.2, 0.25) is 0 Å². The molecule has 1 saturated carbocycles. The summed E-state index contributed by atoms with van der Waals surface area (Å²) in [6, 6.07) is 0.218. The summed E-state index contributed by atoms with van der Waals surface area (Å²) in [5, 5.41) is 5.28. The molecule has 1 aliphatic carbocycles. The molecule has 4 heteroatoms. The number of nitrogens with zero attached hydrogens (tertiary/aromatic N) is 2. The average molecular weight is 284 g/mol. The first-order valence-corrected chi connectivity index (χ1v) is 7.91. The lowest BCUT2D eigenvalue weighted by Crippen LogP contribution is -2.32. The molecule has 1 aliphatic rings. The highest BCUT2D eigenvalue weighted by molar-refractivity contribution is 6.31. The van der Waals surface area contributed by atoms with Crippen molar-refractivity contribution in [2.45, 2.75) is 65.5 Å². The quantitative estimate of drug-likeness (QED) is 0.898. The Balaban J connectivity index is 2.05. The summed E-state index contributed by atoms with van der Waals surface area (Å²) in [6.45, 7) is 7.20. The fraction of sp³-hybridized carbons (Fsp3) is 0.800. The topological polar surface area (TPSA) is 43.8 Å². The van der Waals surface area contributed by atoms with Crippen LogP contribution in [0.2, 0.25) is 5.02 Å². The lowest BCUT2D eigenvalue weighted by atomic mass is 9.93. The van der Waals surface area contributed by atoms with Gasteiger partial charge in [-0.15, -0.1) is 0 Å². The Morgan fingerprint density at radius 1 is 1.42 bits per heavy atom. The molecule has 0 spiro atoms. The van der Waals surface area contributed by atoms with Gasteiger partial charge in [-0.1, -0.05) is 31.4 Å². The second-order valence-electron chi connectivity index (χ2n) is 5.88. The van der Waals surface area contributed by atoms with E-state index < -0.39 is 0 Å². The van der Waals surface area contributed by atoms with E-state index in [9.17, 15) is 0 Å². The molecule has 0 aromatic carbocycles. The summed E-state index contributed by atoms with van der Waals surface area (Å²) < 4.78 is 2.00. The summed E-state index contributed by atoms with van der Waals surface area (Å²) in [5.74, 6) is 1.53. The van der Waals surface area contributed by atoms with Crippen molar-refractivity contribution in [3.63, 3.8) is 0 Å². The molecule has 108 valence electrons. The Morgan fingerprint density at radius 3 is 2.74 bits per heavy atom. The number of aromatic nitrogens is 2. The minimum atomic E-state index is 0.218. The normalized spacial score (nSPS) is 24.9. The van der Waals surface area contributed by atoms with Crippen molar-refractivity contribution < 1.29 is 0 Å². The van der Waals surface area contributed by atoms with E-state index in [1.165, 1.54) is 25.7 Å². The van der Waals surface area contributed by atoms with E-state index in [0.717, 1.165) is 35.3 Å². The van der Waals surface area contributed by atoms with Crippen LogP contribution in [-0.4, -0.2) is 15.8 Å². The van der Waals surface area contributed by atoms with Gasteiger partial charge in [0.15, 0.2) is 0 Å². The molecule has 1 aromatic rings. The fourth-order valence-electron chi connectivity index (χ4n) is 3.33. The summed E-state index contributed by atoms with van der Waals surface area (Å²) in [4.78, 5) is 0. The van der Waals surface area contributed by atoms with Crippen LogP contribution in [0.4, 0.5) is 0 Å². The molecule has 0 amide bonds. The van der Waals surface area contributed by atoms with Crippen LogP contribution in [0.1, 0.15) is 50.9 Å². The van der Waals surface area contributed by atoms with Gasteiger partial charge in [-0.3, -0.25) is 4.68 Å². The molecule has 3 nitrogen and oxygen atoms in total. The molecular weight excluding hydrogens is 258 g/mol. The van der Waals surface area contributed by atoms with E-state index in [-0.39, 0.29) is 6.04 Å². The van der Waals surface area contributed by atoms with E-state index in [0.29, 0.717) is 5.92 Å². The lowest BCUT2D eigenvalue weighted by Gasteiger charge is -2.20. The van der Waals surface area contributed by atoms with Crippen LogP contribution in [0.5, 0.6) is 0 Å². The predicted molar refractivity (Wildman–Crippen MR) is 80.4 cm³/mol. The van der Waals surface area contributed by atoms with Gasteiger partial charge in [0.1, 0.15) is 0 Å². The van der Waals surface area contributed by atoms with Crippen LogP contribution in [0, 0.1) is 18.8 Å². The zero-order chi connectivity index (χ0) is 14.0. The number of rotatable bonds is 5. The summed E-state index contributed by atoms with van der Waals surface area (Å²) in [7, 11) is 0. The molecule has 2 rings (SSSR count). The van der Waals surface area contributed by atoms with Crippen molar-refractivity contribution in [3.05, 3.63) is 16.4 Å².